The van der Waals surface area contributed by atoms with Crippen molar-refractivity contribution in [3.8, 4) is 11.5 Å². The lowest BCUT2D eigenvalue weighted by atomic mass is 10.2. The van der Waals surface area contributed by atoms with E-state index >= 15 is 0 Å². The van der Waals surface area contributed by atoms with E-state index in [0.717, 1.165) is 5.56 Å². The summed E-state index contributed by atoms with van der Waals surface area (Å²) in [6, 6.07) is 11.7. The highest BCUT2D eigenvalue weighted by atomic mass is 32.2. The van der Waals surface area contributed by atoms with Crippen molar-refractivity contribution in [3.63, 3.8) is 0 Å². The Hall–Kier alpha value is -2.54. The molecule has 0 spiro atoms. The van der Waals surface area contributed by atoms with Crippen molar-refractivity contribution in [3.05, 3.63) is 53.6 Å². The van der Waals surface area contributed by atoms with Gasteiger partial charge in [-0.3, -0.25) is 0 Å². The van der Waals surface area contributed by atoms with E-state index in [9.17, 15) is 8.42 Å². The minimum atomic E-state index is -3.70. The lowest BCUT2D eigenvalue weighted by molar-refractivity contribution is 0.402. The van der Waals surface area contributed by atoms with Gasteiger partial charge in [0.2, 0.25) is 0 Å². The van der Waals surface area contributed by atoms with Crippen molar-refractivity contribution in [2.75, 3.05) is 14.2 Å². The number of hydrogen-bond donors (Lipinski definition) is 1. The Kier molecular flexibility index (Phi) is 5.23. The Morgan fingerprint density at radius 1 is 1.04 bits per heavy atom. The molecule has 0 saturated heterocycles. The van der Waals surface area contributed by atoms with Crippen LogP contribution in [-0.2, 0) is 10.0 Å². The third kappa shape index (κ3) is 4.23. The summed E-state index contributed by atoms with van der Waals surface area (Å²) in [5.74, 6) is 1.18. The molecule has 2 aromatic carbocycles. The van der Waals surface area contributed by atoms with Crippen LogP contribution >= 0.6 is 0 Å². The maximum atomic E-state index is 12.1. The zero-order valence-electron chi connectivity index (χ0n) is 13.1. The molecule has 0 aromatic heterocycles. The fraction of sp³-hybridized carbons (Fsp3) is 0.188. The number of benzene rings is 2. The molecule has 0 bridgehead atoms. The van der Waals surface area contributed by atoms with Crippen LogP contribution < -0.4 is 14.3 Å². The molecule has 0 saturated carbocycles. The Morgan fingerprint density at radius 3 is 2.35 bits per heavy atom. The third-order valence-electron chi connectivity index (χ3n) is 3.14. The summed E-state index contributed by atoms with van der Waals surface area (Å²) in [5.41, 5.74) is 1.58. The number of ether oxygens (including phenoxy) is 2. The van der Waals surface area contributed by atoms with E-state index in [2.05, 4.69) is 9.93 Å². The molecule has 122 valence electrons. The second-order valence-corrected chi connectivity index (χ2v) is 6.43. The average molecular weight is 334 g/mol. The average Bonchev–Trinajstić information content (AvgIpc) is 2.55. The highest BCUT2D eigenvalue weighted by Crippen LogP contribution is 2.22. The largest absolute Gasteiger partial charge is 0.497 e. The third-order valence-corrected chi connectivity index (χ3v) is 4.38. The van der Waals surface area contributed by atoms with Crippen molar-refractivity contribution in [2.45, 2.75) is 11.8 Å². The number of aryl methyl sites for hydroxylation is 1. The molecule has 0 aliphatic heterocycles. The van der Waals surface area contributed by atoms with Crippen LogP contribution in [0, 0.1) is 6.92 Å². The van der Waals surface area contributed by atoms with Crippen molar-refractivity contribution in [1.82, 2.24) is 4.83 Å². The molecular formula is C16H18N2O4S. The fourth-order valence-electron chi connectivity index (χ4n) is 1.88. The summed E-state index contributed by atoms with van der Waals surface area (Å²) >= 11 is 0. The number of sulfonamides is 1. The maximum absolute atomic E-state index is 12.1. The molecule has 0 unspecified atom stereocenters. The monoisotopic (exact) mass is 334 g/mol. The Bertz CT molecular complexity index is 799. The highest BCUT2D eigenvalue weighted by molar-refractivity contribution is 7.89. The lowest BCUT2D eigenvalue weighted by Crippen LogP contribution is -2.18. The van der Waals surface area contributed by atoms with Crippen LogP contribution in [0.4, 0.5) is 0 Å². The number of methoxy groups -OCH3 is 2. The van der Waals surface area contributed by atoms with Crippen LogP contribution in [0.3, 0.4) is 0 Å². The van der Waals surface area contributed by atoms with E-state index in [1.165, 1.54) is 25.5 Å². The van der Waals surface area contributed by atoms with Gasteiger partial charge in [-0.2, -0.15) is 13.5 Å². The van der Waals surface area contributed by atoms with Crippen LogP contribution in [0.25, 0.3) is 0 Å². The molecule has 0 atom stereocenters. The molecule has 2 rings (SSSR count). The number of nitrogens with one attached hydrogen (secondary N) is 1. The topological polar surface area (TPSA) is 77.0 Å². The highest BCUT2D eigenvalue weighted by Gasteiger charge is 2.12. The number of hydrazone groups is 1. The standard InChI is InChI=1S/C16H18N2O4S/c1-12-4-7-15(8-5-12)23(19,20)18-17-11-13-10-14(21-2)6-9-16(13)22-3/h4-11,18H,1-3H3/b17-11-. The van der Waals surface area contributed by atoms with Crippen LogP contribution in [0.15, 0.2) is 52.5 Å². The molecule has 0 radical (unpaired) electrons. The quantitative estimate of drug-likeness (QED) is 0.650. The molecule has 23 heavy (non-hydrogen) atoms. The predicted molar refractivity (Wildman–Crippen MR) is 88.6 cm³/mol. The predicted octanol–water partition coefficient (Wildman–Crippen LogP) is 2.32. The van der Waals surface area contributed by atoms with Crippen LogP contribution in [0.5, 0.6) is 11.5 Å². The second-order valence-electron chi connectivity index (χ2n) is 4.77. The zero-order chi connectivity index (χ0) is 16.9. The Morgan fingerprint density at radius 2 is 1.74 bits per heavy atom. The van der Waals surface area contributed by atoms with Crippen LogP contribution in [0.1, 0.15) is 11.1 Å². The summed E-state index contributed by atoms with van der Waals surface area (Å²) in [4.78, 5) is 2.33. The molecule has 0 amide bonds. The number of hydrogen-bond acceptors (Lipinski definition) is 5. The van der Waals surface area contributed by atoms with E-state index in [1.807, 2.05) is 6.92 Å². The van der Waals surface area contributed by atoms with Gasteiger partial charge in [0.05, 0.1) is 25.3 Å². The molecule has 0 heterocycles. The van der Waals surface area contributed by atoms with Gasteiger partial charge in [-0.1, -0.05) is 17.7 Å². The maximum Gasteiger partial charge on any atom is 0.276 e. The van der Waals surface area contributed by atoms with Crippen molar-refractivity contribution >= 4 is 16.2 Å². The van der Waals surface area contributed by atoms with Crippen molar-refractivity contribution in [2.24, 2.45) is 5.10 Å². The Balaban J connectivity index is 2.19. The molecule has 1 N–H and O–H groups in total. The normalized spacial score (nSPS) is 11.4. The minimum absolute atomic E-state index is 0.151. The first kappa shape index (κ1) is 16.8. The van der Waals surface area contributed by atoms with Gasteiger partial charge in [-0.25, -0.2) is 4.83 Å². The molecule has 0 aliphatic carbocycles. The number of nitrogens with zero attached hydrogens (tertiary/aromatic N) is 1. The van der Waals surface area contributed by atoms with Gasteiger partial charge in [0.1, 0.15) is 11.5 Å². The molecule has 0 aliphatic rings. The van der Waals surface area contributed by atoms with Gasteiger partial charge < -0.3 is 9.47 Å². The van der Waals surface area contributed by atoms with Crippen molar-refractivity contribution < 1.29 is 17.9 Å². The summed E-state index contributed by atoms with van der Waals surface area (Å²) in [7, 11) is -0.635. The van der Waals surface area contributed by atoms with Gasteiger partial charge in [0.15, 0.2) is 0 Å². The van der Waals surface area contributed by atoms with Gasteiger partial charge in [-0.05, 0) is 37.3 Å². The van der Waals surface area contributed by atoms with Gasteiger partial charge in [-0.15, -0.1) is 0 Å². The summed E-state index contributed by atoms with van der Waals surface area (Å²) in [5, 5.41) is 3.80. The van der Waals surface area contributed by atoms with E-state index in [4.69, 9.17) is 9.47 Å². The first-order chi connectivity index (χ1) is 11.0. The summed E-state index contributed by atoms with van der Waals surface area (Å²) in [6.45, 7) is 1.89. The SMILES string of the molecule is COc1ccc(OC)c(/C=N\NS(=O)(=O)c2ccc(C)cc2)c1. The lowest BCUT2D eigenvalue weighted by Gasteiger charge is -2.07. The summed E-state index contributed by atoms with van der Waals surface area (Å²) in [6.07, 6.45) is 1.37. The molecule has 6 nitrogen and oxygen atoms in total. The smallest absolute Gasteiger partial charge is 0.276 e. The molecule has 0 fully saturated rings. The summed E-state index contributed by atoms with van der Waals surface area (Å²) < 4.78 is 34.6. The fourth-order valence-corrected chi connectivity index (χ4v) is 2.67. The molecular weight excluding hydrogens is 316 g/mol. The molecule has 7 heteroatoms. The zero-order valence-corrected chi connectivity index (χ0v) is 13.9. The van der Waals surface area contributed by atoms with Crippen LogP contribution in [0.2, 0.25) is 0 Å². The van der Waals surface area contributed by atoms with E-state index < -0.39 is 10.0 Å². The first-order valence-corrected chi connectivity index (χ1v) is 8.28. The first-order valence-electron chi connectivity index (χ1n) is 6.80. The van der Waals surface area contributed by atoms with E-state index in [0.29, 0.717) is 17.1 Å². The Labute approximate surface area is 135 Å². The molecule has 2 aromatic rings. The minimum Gasteiger partial charge on any atom is -0.497 e. The van der Waals surface area contributed by atoms with Gasteiger partial charge in [0.25, 0.3) is 10.0 Å². The van der Waals surface area contributed by atoms with E-state index in [-0.39, 0.29) is 4.90 Å². The van der Waals surface area contributed by atoms with Crippen LogP contribution in [-0.4, -0.2) is 28.9 Å². The van der Waals surface area contributed by atoms with E-state index in [1.54, 1.807) is 37.4 Å². The number of rotatable bonds is 6. The second kappa shape index (κ2) is 7.15. The van der Waals surface area contributed by atoms with Gasteiger partial charge in [0, 0.05) is 5.56 Å². The van der Waals surface area contributed by atoms with Gasteiger partial charge >= 0.3 is 0 Å². The van der Waals surface area contributed by atoms with Crippen molar-refractivity contribution in [1.29, 1.82) is 0 Å².